The van der Waals surface area contributed by atoms with Gasteiger partial charge in [-0.3, -0.25) is 0 Å². The average Bonchev–Trinajstić information content (AvgIpc) is 3.08. The monoisotopic (exact) mass is 536 g/mol. The maximum absolute atomic E-state index is 9.40. The molecule has 1 heterocycles. The van der Waals surface area contributed by atoms with Crippen LogP contribution >= 0.6 is 0 Å². The van der Waals surface area contributed by atoms with E-state index in [-0.39, 0.29) is 0 Å². The Morgan fingerprint density at radius 2 is 0.810 bits per heavy atom. The average molecular weight is 537 g/mol. The van der Waals surface area contributed by atoms with Crippen LogP contribution in [0, 0.1) is 11.3 Å². The fourth-order valence-corrected chi connectivity index (χ4v) is 5.31. The molecule has 0 aliphatic carbocycles. The normalized spacial score (nSPS) is 10.8. The molecule has 6 aromatic carbocycles. The van der Waals surface area contributed by atoms with E-state index in [4.69, 9.17) is 15.0 Å². The van der Waals surface area contributed by atoms with Gasteiger partial charge < -0.3 is 0 Å². The molecule has 0 fully saturated rings. The lowest BCUT2D eigenvalue weighted by molar-refractivity contribution is 1.07. The van der Waals surface area contributed by atoms with Crippen LogP contribution in [0.5, 0.6) is 0 Å². The maximum Gasteiger partial charge on any atom is 0.164 e. The zero-order chi connectivity index (χ0) is 28.3. The molecule has 4 nitrogen and oxygen atoms in total. The first-order valence-electron chi connectivity index (χ1n) is 13.8. The number of aromatic nitrogens is 3. The first kappa shape index (κ1) is 25.1. The number of fused-ring (bicyclic) bond motifs is 1. The van der Waals surface area contributed by atoms with Gasteiger partial charge in [-0.05, 0) is 45.2 Å². The molecule has 0 spiro atoms. The zero-order valence-corrected chi connectivity index (χ0v) is 22.6. The molecule has 0 aliphatic rings. The molecule has 0 aliphatic heterocycles. The van der Waals surface area contributed by atoms with Gasteiger partial charge >= 0.3 is 0 Å². The summed E-state index contributed by atoms with van der Waals surface area (Å²) in [4.78, 5) is 14.5. The van der Waals surface area contributed by atoms with Gasteiger partial charge in [0, 0.05) is 16.7 Å². The van der Waals surface area contributed by atoms with Crippen LogP contribution in [0.15, 0.2) is 146 Å². The second-order valence-corrected chi connectivity index (χ2v) is 10.0. The Balaban J connectivity index is 1.30. The third-order valence-electron chi connectivity index (χ3n) is 7.38. The molecule has 196 valence electrons. The summed E-state index contributed by atoms with van der Waals surface area (Å²) in [6, 6.07) is 51.2. The van der Waals surface area contributed by atoms with Crippen molar-refractivity contribution in [1.29, 1.82) is 5.26 Å². The minimum atomic E-state index is 0.631. The molecule has 42 heavy (non-hydrogen) atoms. The van der Waals surface area contributed by atoms with Crippen LogP contribution in [0.4, 0.5) is 0 Å². The van der Waals surface area contributed by atoms with Gasteiger partial charge in [0.15, 0.2) is 17.5 Å². The van der Waals surface area contributed by atoms with Crippen molar-refractivity contribution in [2.45, 2.75) is 0 Å². The number of hydrogen-bond acceptors (Lipinski definition) is 4. The van der Waals surface area contributed by atoms with Gasteiger partial charge in [-0.1, -0.05) is 133 Å². The Labute approximate surface area is 244 Å². The van der Waals surface area contributed by atoms with Crippen molar-refractivity contribution >= 4 is 10.8 Å². The highest BCUT2D eigenvalue weighted by Crippen LogP contribution is 2.36. The first-order valence-corrected chi connectivity index (χ1v) is 13.8. The van der Waals surface area contributed by atoms with Gasteiger partial charge in [-0.25, -0.2) is 15.0 Å². The number of nitrogens with zero attached hydrogens (tertiary/aromatic N) is 4. The summed E-state index contributed by atoms with van der Waals surface area (Å²) < 4.78 is 0. The summed E-state index contributed by atoms with van der Waals surface area (Å²) in [6.45, 7) is 0. The van der Waals surface area contributed by atoms with E-state index in [1.165, 1.54) is 0 Å². The van der Waals surface area contributed by atoms with E-state index in [1.807, 2.05) is 78.9 Å². The largest absolute Gasteiger partial charge is 0.208 e. The van der Waals surface area contributed by atoms with Crippen molar-refractivity contribution in [3.63, 3.8) is 0 Å². The van der Waals surface area contributed by atoms with Gasteiger partial charge in [0.25, 0.3) is 0 Å². The summed E-state index contributed by atoms with van der Waals surface area (Å²) in [5.41, 5.74) is 7.85. The zero-order valence-electron chi connectivity index (χ0n) is 22.6. The van der Waals surface area contributed by atoms with E-state index >= 15 is 0 Å². The Kier molecular flexibility index (Phi) is 6.52. The van der Waals surface area contributed by atoms with E-state index in [0.29, 0.717) is 23.0 Å². The molecule has 7 rings (SSSR count). The minimum absolute atomic E-state index is 0.631. The van der Waals surface area contributed by atoms with Gasteiger partial charge in [0.1, 0.15) is 0 Å². The number of hydrogen-bond donors (Lipinski definition) is 0. The molecule has 1 aromatic heterocycles. The Morgan fingerprint density at radius 3 is 1.33 bits per heavy atom. The van der Waals surface area contributed by atoms with Crippen molar-refractivity contribution in [2.75, 3.05) is 0 Å². The fraction of sp³-hybridized carbons (Fsp3) is 0. The molecule has 0 radical (unpaired) electrons. The molecule has 4 heteroatoms. The maximum atomic E-state index is 9.40. The Morgan fingerprint density at radius 1 is 0.381 bits per heavy atom. The highest BCUT2D eigenvalue weighted by molar-refractivity contribution is 6.04. The molecular weight excluding hydrogens is 512 g/mol. The molecule has 0 unspecified atom stereocenters. The predicted octanol–water partition coefficient (Wildman–Crippen LogP) is 9.23. The van der Waals surface area contributed by atoms with E-state index in [1.54, 1.807) is 0 Å². The van der Waals surface area contributed by atoms with Gasteiger partial charge in [-0.15, -0.1) is 0 Å². The number of rotatable bonds is 5. The SMILES string of the molecule is N#Cc1cccc(-c2cccc3c(-c4ccc(-c5nc(-c6ccccc6)nc(-c6ccccc6)n5)cc4)cccc23)c1. The summed E-state index contributed by atoms with van der Waals surface area (Å²) in [5.74, 6) is 1.92. The molecule has 0 saturated heterocycles. The molecular formula is C38H24N4. The van der Waals surface area contributed by atoms with E-state index in [2.05, 4.69) is 72.8 Å². The smallest absolute Gasteiger partial charge is 0.164 e. The molecule has 7 aromatic rings. The van der Waals surface area contributed by atoms with Crippen molar-refractivity contribution in [3.8, 4) is 62.5 Å². The van der Waals surface area contributed by atoms with Gasteiger partial charge in [-0.2, -0.15) is 5.26 Å². The number of benzene rings is 6. The van der Waals surface area contributed by atoms with E-state index < -0.39 is 0 Å². The third kappa shape index (κ3) is 4.81. The molecule has 0 N–H and O–H groups in total. The lowest BCUT2D eigenvalue weighted by atomic mass is 9.92. The molecule has 0 bridgehead atoms. The third-order valence-corrected chi connectivity index (χ3v) is 7.38. The minimum Gasteiger partial charge on any atom is -0.208 e. The van der Waals surface area contributed by atoms with Crippen molar-refractivity contribution < 1.29 is 0 Å². The highest BCUT2D eigenvalue weighted by Gasteiger charge is 2.13. The lowest BCUT2D eigenvalue weighted by Gasteiger charge is -2.12. The lowest BCUT2D eigenvalue weighted by Crippen LogP contribution is -2.00. The van der Waals surface area contributed by atoms with Crippen molar-refractivity contribution in [2.24, 2.45) is 0 Å². The predicted molar refractivity (Wildman–Crippen MR) is 169 cm³/mol. The van der Waals surface area contributed by atoms with E-state index in [0.717, 1.165) is 49.7 Å². The van der Waals surface area contributed by atoms with Crippen molar-refractivity contribution in [1.82, 2.24) is 15.0 Å². The number of nitriles is 1. The van der Waals surface area contributed by atoms with Crippen molar-refractivity contribution in [3.05, 3.63) is 151 Å². The van der Waals surface area contributed by atoms with Gasteiger partial charge in [0.2, 0.25) is 0 Å². The summed E-state index contributed by atoms with van der Waals surface area (Å²) in [6.07, 6.45) is 0. The fourth-order valence-electron chi connectivity index (χ4n) is 5.31. The van der Waals surface area contributed by atoms with Crippen LogP contribution in [0.25, 0.3) is 67.2 Å². The summed E-state index contributed by atoms with van der Waals surface area (Å²) in [5, 5.41) is 11.7. The first-order chi connectivity index (χ1) is 20.8. The van der Waals surface area contributed by atoms with Crippen LogP contribution in [0.2, 0.25) is 0 Å². The second-order valence-electron chi connectivity index (χ2n) is 10.0. The molecule has 0 amide bonds. The summed E-state index contributed by atoms with van der Waals surface area (Å²) >= 11 is 0. The van der Waals surface area contributed by atoms with Crippen LogP contribution in [0.3, 0.4) is 0 Å². The Bertz CT molecular complexity index is 2020. The second kappa shape index (κ2) is 10.9. The molecule has 0 atom stereocenters. The summed E-state index contributed by atoms with van der Waals surface area (Å²) in [7, 11) is 0. The highest BCUT2D eigenvalue weighted by atomic mass is 15.0. The van der Waals surface area contributed by atoms with Crippen LogP contribution in [-0.4, -0.2) is 15.0 Å². The standard InChI is InChI=1S/C38H24N4/c39-25-26-10-7-15-31(24-26)33-17-9-18-34-32(16-8-19-35(33)34)27-20-22-30(23-21-27)38-41-36(28-11-3-1-4-12-28)40-37(42-38)29-13-5-2-6-14-29/h1-24H. The van der Waals surface area contributed by atoms with Gasteiger partial charge in [0.05, 0.1) is 11.6 Å². The topological polar surface area (TPSA) is 62.5 Å². The Hall–Kier alpha value is -5.92. The van der Waals surface area contributed by atoms with Crippen LogP contribution in [0.1, 0.15) is 5.56 Å². The molecule has 0 saturated carbocycles. The van der Waals surface area contributed by atoms with Crippen LogP contribution < -0.4 is 0 Å². The quantitative estimate of drug-likeness (QED) is 0.220. The van der Waals surface area contributed by atoms with E-state index in [9.17, 15) is 5.26 Å². The van der Waals surface area contributed by atoms with Crippen LogP contribution in [-0.2, 0) is 0 Å².